The molecule has 0 N–H and O–H groups in total. The third-order valence-corrected chi connectivity index (χ3v) is 2.42. The van der Waals surface area contributed by atoms with Gasteiger partial charge in [-0.05, 0) is 39.0 Å². The molecule has 2 atom stereocenters. The Balaban J connectivity index is 2.33. The van der Waals surface area contributed by atoms with E-state index in [1.165, 1.54) is 12.8 Å². The summed E-state index contributed by atoms with van der Waals surface area (Å²) in [5.74, 6) is 0.610. The van der Waals surface area contributed by atoms with E-state index in [0.29, 0.717) is 12.0 Å². The molecule has 0 amide bonds. The van der Waals surface area contributed by atoms with Gasteiger partial charge in [0, 0.05) is 0 Å². The molecule has 1 saturated heterocycles. The molecule has 0 saturated carbocycles. The summed E-state index contributed by atoms with van der Waals surface area (Å²) in [4.78, 5) is 0. The topological polar surface area (TPSA) is 18.5 Å². The number of rotatable bonds is 3. The highest BCUT2D eigenvalue weighted by molar-refractivity contribution is 4.69. The summed E-state index contributed by atoms with van der Waals surface area (Å²) in [6.07, 6.45) is 4.20. The minimum absolute atomic E-state index is 0.0427. The van der Waals surface area contributed by atoms with Crippen molar-refractivity contribution in [2.24, 2.45) is 5.92 Å². The first-order chi connectivity index (χ1) is 6.09. The molecule has 0 spiro atoms. The van der Waals surface area contributed by atoms with Crippen LogP contribution in [0.3, 0.4) is 0 Å². The van der Waals surface area contributed by atoms with Gasteiger partial charge in [0.2, 0.25) is 0 Å². The maximum absolute atomic E-state index is 5.84. The van der Waals surface area contributed by atoms with Crippen LogP contribution >= 0.6 is 0 Å². The van der Waals surface area contributed by atoms with E-state index in [-0.39, 0.29) is 12.4 Å². The maximum atomic E-state index is 5.84. The Morgan fingerprint density at radius 3 is 2.38 bits per heavy atom. The van der Waals surface area contributed by atoms with Crippen molar-refractivity contribution in [1.29, 1.82) is 0 Å². The van der Waals surface area contributed by atoms with Gasteiger partial charge in [0.05, 0.1) is 12.2 Å². The molecule has 1 aliphatic rings. The van der Waals surface area contributed by atoms with Gasteiger partial charge in [-0.15, -0.1) is 0 Å². The van der Waals surface area contributed by atoms with Gasteiger partial charge in [-0.2, -0.15) is 0 Å². The molecule has 1 heterocycles. The largest absolute Gasteiger partial charge is 0.350 e. The van der Waals surface area contributed by atoms with Crippen LogP contribution < -0.4 is 0 Å². The SMILES string of the molecule is CC(C)OC1CCCC(C(C)C)O1. The van der Waals surface area contributed by atoms with Gasteiger partial charge in [-0.3, -0.25) is 0 Å². The van der Waals surface area contributed by atoms with Crippen LogP contribution in [0.1, 0.15) is 47.0 Å². The van der Waals surface area contributed by atoms with Crippen LogP contribution in [0, 0.1) is 5.92 Å². The van der Waals surface area contributed by atoms with Crippen molar-refractivity contribution in [2.45, 2.75) is 65.5 Å². The molecule has 1 fully saturated rings. The molecule has 1 aliphatic heterocycles. The Hall–Kier alpha value is -0.0800. The van der Waals surface area contributed by atoms with E-state index in [4.69, 9.17) is 9.47 Å². The van der Waals surface area contributed by atoms with Gasteiger partial charge in [-0.1, -0.05) is 13.8 Å². The Kier molecular flexibility index (Phi) is 4.20. The molecule has 0 aromatic rings. The van der Waals surface area contributed by atoms with Gasteiger partial charge >= 0.3 is 0 Å². The van der Waals surface area contributed by atoms with E-state index in [1.807, 2.05) is 0 Å². The van der Waals surface area contributed by atoms with Gasteiger partial charge in [0.1, 0.15) is 0 Å². The lowest BCUT2D eigenvalue weighted by Gasteiger charge is -2.33. The molecular weight excluding hydrogens is 164 g/mol. The maximum Gasteiger partial charge on any atom is 0.158 e. The Morgan fingerprint density at radius 2 is 1.85 bits per heavy atom. The predicted octanol–water partition coefficient (Wildman–Crippen LogP) is 2.96. The zero-order chi connectivity index (χ0) is 9.84. The van der Waals surface area contributed by atoms with Crippen LogP contribution in [-0.4, -0.2) is 18.5 Å². The minimum Gasteiger partial charge on any atom is -0.350 e. The van der Waals surface area contributed by atoms with E-state index in [2.05, 4.69) is 27.7 Å². The summed E-state index contributed by atoms with van der Waals surface area (Å²) in [5.41, 5.74) is 0. The average Bonchev–Trinajstić information content (AvgIpc) is 2.03. The predicted molar refractivity (Wildman–Crippen MR) is 53.6 cm³/mol. The van der Waals surface area contributed by atoms with Crippen LogP contribution in [0.15, 0.2) is 0 Å². The fourth-order valence-corrected chi connectivity index (χ4v) is 1.71. The summed E-state index contributed by atoms with van der Waals surface area (Å²) in [5, 5.41) is 0. The standard InChI is InChI=1S/C11H22O2/c1-8(2)10-6-5-7-11(13-10)12-9(3)4/h8-11H,5-7H2,1-4H3. The molecule has 0 radical (unpaired) electrons. The lowest BCUT2D eigenvalue weighted by atomic mass is 9.99. The van der Waals surface area contributed by atoms with E-state index < -0.39 is 0 Å². The fourth-order valence-electron chi connectivity index (χ4n) is 1.71. The second-order valence-corrected chi connectivity index (χ2v) is 4.46. The molecule has 78 valence electrons. The summed E-state index contributed by atoms with van der Waals surface area (Å²) in [6, 6.07) is 0. The second kappa shape index (κ2) is 4.97. The third kappa shape index (κ3) is 3.65. The molecule has 2 unspecified atom stereocenters. The van der Waals surface area contributed by atoms with Gasteiger partial charge < -0.3 is 9.47 Å². The van der Waals surface area contributed by atoms with Crippen LogP contribution in [0.5, 0.6) is 0 Å². The highest BCUT2D eigenvalue weighted by atomic mass is 16.7. The zero-order valence-corrected chi connectivity index (χ0v) is 9.25. The highest BCUT2D eigenvalue weighted by Crippen LogP contribution is 2.25. The number of hydrogen-bond acceptors (Lipinski definition) is 2. The Morgan fingerprint density at radius 1 is 1.15 bits per heavy atom. The normalized spacial score (nSPS) is 30.0. The van der Waals surface area contributed by atoms with Crippen molar-refractivity contribution in [1.82, 2.24) is 0 Å². The molecule has 0 aromatic carbocycles. The quantitative estimate of drug-likeness (QED) is 0.674. The first kappa shape index (κ1) is 11.0. The van der Waals surface area contributed by atoms with E-state index in [0.717, 1.165) is 6.42 Å². The van der Waals surface area contributed by atoms with Crippen molar-refractivity contribution >= 4 is 0 Å². The monoisotopic (exact) mass is 186 g/mol. The van der Waals surface area contributed by atoms with Crippen molar-refractivity contribution in [2.75, 3.05) is 0 Å². The summed E-state index contributed by atoms with van der Waals surface area (Å²) in [7, 11) is 0. The molecular formula is C11H22O2. The fraction of sp³-hybridized carbons (Fsp3) is 1.00. The van der Waals surface area contributed by atoms with E-state index >= 15 is 0 Å². The molecule has 0 bridgehead atoms. The van der Waals surface area contributed by atoms with Gasteiger partial charge in [0.15, 0.2) is 6.29 Å². The first-order valence-corrected chi connectivity index (χ1v) is 5.40. The first-order valence-electron chi connectivity index (χ1n) is 5.40. The van der Waals surface area contributed by atoms with Crippen LogP contribution in [0.4, 0.5) is 0 Å². The van der Waals surface area contributed by atoms with Crippen molar-refractivity contribution < 1.29 is 9.47 Å². The number of hydrogen-bond donors (Lipinski definition) is 0. The molecule has 13 heavy (non-hydrogen) atoms. The van der Waals surface area contributed by atoms with Gasteiger partial charge in [0.25, 0.3) is 0 Å². The van der Waals surface area contributed by atoms with Crippen molar-refractivity contribution in [3.63, 3.8) is 0 Å². The van der Waals surface area contributed by atoms with Crippen molar-refractivity contribution in [3.8, 4) is 0 Å². The lowest BCUT2D eigenvalue weighted by Crippen LogP contribution is -2.34. The molecule has 2 heteroatoms. The number of ether oxygens (including phenoxy) is 2. The van der Waals surface area contributed by atoms with E-state index in [9.17, 15) is 0 Å². The summed E-state index contributed by atoms with van der Waals surface area (Å²) < 4.78 is 11.5. The molecule has 0 aliphatic carbocycles. The second-order valence-electron chi connectivity index (χ2n) is 4.46. The Bertz CT molecular complexity index is 143. The smallest absolute Gasteiger partial charge is 0.158 e. The van der Waals surface area contributed by atoms with Crippen molar-refractivity contribution in [3.05, 3.63) is 0 Å². The minimum atomic E-state index is 0.0427. The van der Waals surface area contributed by atoms with Crippen LogP contribution in [-0.2, 0) is 9.47 Å². The van der Waals surface area contributed by atoms with Gasteiger partial charge in [-0.25, -0.2) is 0 Å². The molecule has 1 rings (SSSR count). The third-order valence-electron chi connectivity index (χ3n) is 2.42. The highest BCUT2D eigenvalue weighted by Gasteiger charge is 2.25. The van der Waals surface area contributed by atoms with Crippen LogP contribution in [0.2, 0.25) is 0 Å². The zero-order valence-electron chi connectivity index (χ0n) is 9.25. The van der Waals surface area contributed by atoms with E-state index in [1.54, 1.807) is 0 Å². The summed E-state index contributed by atoms with van der Waals surface area (Å²) >= 11 is 0. The lowest BCUT2D eigenvalue weighted by molar-refractivity contribution is -0.216. The Labute approximate surface area is 81.6 Å². The summed E-state index contributed by atoms with van der Waals surface area (Å²) in [6.45, 7) is 8.54. The molecule has 2 nitrogen and oxygen atoms in total. The average molecular weight is 186 g/mol. The van der Waals surface area contributed by atoms with Crippen LogP contribution in [0.25, 0.3) is 0 Å². The molecule has 0 aromatic heterocycles.